The van der Waals surface area contributed by atoms with Crippen molar-refractivity contribution in [3.8, 4) is 0 Å². The second kappa shape index (κ2) is 5.69. The van der Waals surface area contributed by atoms with E-state index in [1.165, 1.54) is 18.3 Å². The molecule has 2 aromatic rings. The highest BCUT2D eigenvalue weighted by Crippen LogP contribution is 2.16. The van der Waals surface area contributed by atoms with Gasteiger partial charge in [-0.3, -0.25) is 0 Å². The molecule has 0 aliphatic rings. The zero-order valence-electron chi connectivity index (χ0n) is 12.0. The molecule has 0 amide bonds. The largest absolute Gasteiger partial charge is 0.461 e. The fourth-order valence-corrected chi connectivity index (χ4v) is 2.96. The maximum Gasteiger partial charge on any atom is 0.359 e. The molecule has 0 aliphatic carbocycles. The van der Waals surface area contributed by atoms with Crippen molar-refractivity contribution in [1.29, 1.82) is 0 Å². The van der Waals surface area contributed by atoms with E-state index < -0.39 is 16.0 Å². The van der Waals surface area contributed by atoms with E-state index in [1.54, 1.807) is 26.0 Å². The summed E-state index contributed by atoms with van der Waals surface area (Å²) in [5, 5.41) is 3.85. The van der Waals surface area contributed by atoms with E-state index >= 15 is 0 Å². The highest BCUT2D eigenvalue weighted by atomic mass is 32.2. The Morgan fingerprint density at radius 3 is 2.43 bits per heavy atom. The van der Waals surface area contributed by atoms with E-state index in [4.69, 9.17) is 4.74 Å². The summed E-state index contributed by atoms with van der Waals surface area (Å²) in [4.78, 5) is 11.8. The Kier molecular flexibility index (Phi) is 4.13. The van der Waals surface area contributed by atoms with Crippen LogP contribution in [0, 0.1) is 13.8 Å². The Bertz CT molecular complexity index is 761. The summed E-state index contributed by atoms with van der Waals surface area (Å²) < 4.78 is 30.5. The number of ether oxygens (including phenoxy) is 1. The molecule has 2 rings (SSSR count). The smallest absolute Gasteiger partial charge is 0.359 e. The first-order chi connectivity index (χ1) is 9.86. The van der Waals surface area contributed by atoms with Gasteiger partial charge in [-0.25, -0.2) is 4.79 Å². The minimum absolute atomic E-state index is 0.00698. The Morgan fingerprint density at radius 2 is 1.86 bits per heavy atom. The third-order valence-corrected chi connectivity index (χ3v) is 4.46. The summed E-state index contributed by atoms with van der Waals surface area (Å²) in [6.07, 6.45) is 1.31. The molecule has 21 heavy (non-hydrogen) atoms. The van der Waals surface area contributed by atoms with E-state index in [-0.39, 0.29) is 17.2 Å². The van der Waals surface area contributed by atoms with Gasteiger partial charge in [0, 0.05) is 11.8 Å². The monoisotopic (exact) mass is 308 g/mol. The summed E-state index contributed by atoms with van der Waals surface area (Å²) in [6, 6.07) is 6.42. The number of hydrogen-bond acceptors (Lipinski definition) is 5. The van der Waals surface area contributed by atoms with Crippen molar-refractivity contribution in [3.05, 3.63) is 47.3 Å². The molecule has 0 spiro atoms. The first kappa shape index (κ1) is 15.2. The molecule has 1 aromatic heterocycles. The van der Waals surface area contributed by atoms with Gasteiger partial charge in [0.2, 0.25) is 0 Å². The molecule has 7 heteroatoms. The Labute approximate surface area is 123 Å². The number of aromatic nitrogens is 2. The lowest BCUT2D eigenvalue weighted by atomic mass is 10.2. The first-order valence-corrected chi connectivity index (χ1v) is 7.86. The molecule has 0 aliphatic heterocycles. The van der Waals surface area contributed by atoms with Gasteiger partial charge in [0.15, 0.2) is 5.69 Å². The molecule has 0 atom stereocenters. The van der Waals surface area contributed by atoms with Crippen LogP contribution in [0.2, 0.25) is 0 Å². The van der Waals surface area contributed by atoms with Crippen LogP contribution in [0.1, 0.15) is 28.5 Å². The number of hydrogen-bond donors (Lipinski definition) is 0. The van der Waals surface area contributed by atoms with Crippen molar-refractivity contribution in [2.75, 3.05) is 6.61 Å². The average molecular weight is 308 g/mol. The summed E-state index contributed by atoms with van der Waals surface area (Å²) in [5.74, 6) is -0.632. The maximum absolute atomic E-state index is 12.4. The van der Waals surface area contributed by atoms with Crippen molar-refractivity contribution in [3.63, 3.8) is 0 Å². The molecule has 0 bridgehead atoms. The lowest BCUT2D eigenvalue weighted by Crippen LogP contribution is -2.15. The fraction of sp³-hybridized carbons (Fsp3) is 0.286. The van der Waals surface area contributed by atoms with E-state index in [2.05, 4.69) is 5.10 Å². The van der Waals surface area contributed by atoms with E-state index in [9.17, 15) is 13.2 Å². The van der Waals surface area contributed by atoms with Crippen LogP contribution < -0.4 is 0 Å². The number of carbonyl (C=O) groups is 1. The molecule has 6 nitrogen and oxygen atoms in total. The van der Waals surface area contributed by atoms with Gasteiger partial charge in [-0.15, -0.1) is 0 Å². The van der Waals surface area contributed by atoms with Gasteiger partial charge in [0.25, 0.3) is 10.0 Å². The molecule has 0 saturated carbocycles. The average Bonchev–Trinajstić information content (AvgIpc) is 2.82. The van der Waals surface area contributed by atoms with Crippen LogP contribution in [0.3, 0.4) is 0 Å². The second-order valence-electron chi connectivity index (χ2n) is 4.57. The molecule has 1 heterocycles. The minimum atomic E-state index is -3.81. The van der Waals surface area contributed by atoms with Gasteiger partial charge in [-0.1, -0.05) is 17.7 Å². The number of esters is 1. The van der Waals surface area contributed by atoms with Crippen molar-refractivity contribution >= 4 is 16.0 Å². The highest BCUT2D eigenvalue weighted by molar-refractivity contribution is 7.89. The van der Waals surface area contributed by atoms with Crippen LogP contribution in [-0.2, 0) is 14.8 Å². The number of benzene rings is 1. The van der Waals surface area contributed by atoms with Crippen molar-refractivity contribution < 1.29 is 17.9 Å². The SMILES string of the molecule is CCOC(=O)c1nn(S(=O)(=O)c2ccc(C)cc2)cc1C. The molecule has 0 saturated heterocycles. The van der Waals surface area contributed by atoms with Crippen LogP contribution >= 0.6 is 0 Å². The highest BCUT2D eigenvalue weighted by Gasteiger charge is 2.22. The van der Waals surface area contributed by atoms with E-state index in [1.807, 2.05) is 6.92 Å². The molecule has 0 N–H and O–H groups in total. The van der Waals surface area contributed by atoms with Gasteiger partial charge in [-0.2, -0.15) is 17.6 Å². The van der Waals surface area contributed by atoms with Crippen LogP contribution in [0.25, 0.3) is 0 Å². The third-order valence-electron chi connectivity index (χ3n) is 2.91. The molecule has 0 radical (unpaired) electrons. The van der Waals surface area contributed by atoms with Gasteiger partial charge >= 0.3 is 5.97 Å². The standard InChI is InChI=1S/C14H16N2O4S/c1-4-20-14(17)13-11(3)9-16(15-13)21(18,19)12-7-5-10(2)6-8-12/h5-9H,4H2,1-3H3. The third kappa shape index (κ3) is 2.97. The van der Waals surface area contributed by atoms with E-state index in [0.29, 0.717) is 5.56 Å². The van der Waals surface area contributed by atoms with E-state index in [0.717, 1.165) is 9.65 Å². The Hall–Kier alpha value is -2.15. The predicted molar refractivity (Wildman–Crippen MR) is 76.7 cm³/mol. The lowest BCUT2D eigenvalue weighted by molar-refractivity contribution is 0.0518. The Balaban J connectivity index is 2.44. The minimum Gasteiger partial charge on any atom is -0.461 e. The van der Waals surface area contributed by atoms with Crippen molar-refractivity contribution in [1.82, 2.24) is 9.19 Å². The number of nitrogens with zero attached hydrogens (tertiary/aromatic N) is 2. The zero-order chi connectivity index (χ0) is 15.6. The van der Waals surface area contributed by atoms with Gasteiger partial charge in [0.05, 0.1) is 11.5 Å². The fourth-order valence-electron chi connectivity index (χ4n) is 1.78. The lowest BCUT2D eigenvalue weighted by Gasteiger charge is -2.04. The second-order valence-corrected chi connectivity index (χ2v) is 6.37. The summed E-state index contributed by atoms with van der Waals surface area (Å²) >= 11 is 0. The van der Waals surface area contributed by atoms with Crippen LogP contribution in [0.5, 0.6) is 0 Å². The molecule has 0 unspecified atom stereocenters. The quantitative estimate of drug-likeness (QED) is 0.806. The topological polar surface area (TPSA) is 78.3 Å². The number of rotatable bonds is 4. The maximum atomic E-state index is 12.4. The van der Waals surface area contributed by atoms with Crippen LogP contribution in [-0.4, -0.2) is 30.2 Å². The molecule has 0 fully saturated rings. The molecule has 1 aromatic carbocycles. The number of carbonyl (C=O) groups excluding carboxylic acids is 1. The Morgan fingerprint density at radius 1 is 1.24 bits per heavy atom. The van der Waals surface area contributed by atoms with Gasteiger partial charge in [0.1, 0.15) is 0 Å². The predicted octanol–water partition coefficient (Wildman–Crippen LogP) is 1.91. The van der Waals surface area contributed by atoms with Crippen LogP contribution in [0.15, 0.2) is 35.4 Å². The normalized spacial score (nSPS) is 11.4. The molecular weight excluding hydrogens is 292 g/mol. The molecule has 112 valence electrons. The number of aryl methyl sites for hydroxylation is 2. The van der Waals surface area contributed by atoms with Crippen molar-refractivity contribution in [2.24, 2.45) is 0 Å². The molecular formula is C14H16N2O4S. The summed E-state index contributed by atoms with van der Waals surface area (Å²) in [6.45, 7) is 5.36. The zero-order valence-corrected chi connectivity index (χ0v) is 12.8. The first-order valence-electron chi connectivity index (χ1n) is 6.42. The summed E-state index contributed by atoms with van der Waals surface area (Å²) in [5.41, 5.74) is 1.41. The van der Waals surface area contributed by atoms with Gasteiger partial charge < -0.3 is 4.74 Å². The van der Waals surface area contributed by atoms with Crippen LogP contribution in [0.4, 0.5) is 0 Å². The summed E-state index contributed by atoms with van der Waals surface area (Å²) in [7, 11) is -3.81. The van der Waals surface area contributed by atoms with Gasteiger partial charge in [-0.05, 0) is 32.9 Å². The van der Waals surface area contributed by atoms with Crippen molar-refractivity contribution in [2.45, 2.75) is 25.7 Å².